The first-order valence-corrected chi connectivity index (χ1v) is 7.91. The van der Waals surface area contributed by atoms with E-state index in [-0.39, 0.29) is 6.10 Å². The predicted octanol–water partition coefficient (Wildman–Crippen LogP) is 2.07. The van der Waals surface area contributed by atoms with E-state index in [1.807, 2.05) is 38.1 Å². The Hall–Kier alpha value is -1.17. The van der Waals surface area contributed by atoms with Crippen LogP contribution in [0.4, 0.5) is 0 Å². The molecule has 1 N–H and O–H groups in total. The summed E-state index contributed by atoms with van der Waals surface area (Å²) >= 11 is 5.42. The van der Waals surface area contributed by atoms with Crippen LogP contribution < -0.4 is 10.1 Å². The third-order valence-corrected chi connectivity index (χ3v) is 3.69. The number of nitrogens with zero attached hydrogens (tertiary/aromatic N) is 1. The lowest BCUT2D eigenvalue weighted by Crippen LogP contribution is -2.41. The van der Waals surface area contributed by atoms with Crippen molar-refractivity contribution in [3.8, 4) is 5.75 Å². The topological polar surface area (TPSA) is 33.7 Å². The first-order valence-electron chi connectivity index (χ1n) is 7.50. The molecular formula is C16H24N2O2S. The van der Waals surface area contributed by atoms with Gasteiger partial charge in [0, 0.05) is 31.7 Å². The number of hydrogen-bond acceptors (Lipinski definition) is 4. The Balaban J connectivity index is 1.74. The second-order valence-corrected chi connectivity index (χ2v) is 5.81. The van der Waals surface area contributed by atoms with Gasteiger partial charge in [0.15, 0.2) is 0 Å². The van der Waals surface area contributed by atoms with Crippen LogP contribution in [0.2, 0.25) is 0 Å². The summed E-state index contributed by atoms with van der Waals surface area (Å²) in [5.41, 5.74) is 1.03. The Bertz CT molecular complexity index is 442. The van der Waals surface area contributed by atoms with Gasteiger partial charge in [-0.2, -0.15) is 0 Å². The number of nitrogens with one attached hydrogen (secondary N) is 1. The number of morpholine rings is 1. The van der Waals surface area contributed by atoms with Crippen LogP contribution in [-0.4, -0.2) is 55.4 Å². The molecule has 0 amide bonds. The van der Waals surface area contributed by atoms with Crippen molar-refractivity contribution in [2.75, 3.05) is 39.4 Å². The summed E-state index contributed by atoms with van der Waals surface area (Å²) in [5.74, 6) is 0.880. The van der Waals surface area contributed by atoms with Crippen LogP contribution in [0, 0.1) is 0 Å². The zero-order valence-corrected chi connectivity index (χ0v) is 13.6. The first kappa shape index (κ1) is 16.2. The molecule has 1 aromatic rings. The Morgan fingerprint density at radius 2 is 1.95 bits per heavy atom. The van der Waals surface area contributed by atoms with Gasteiger partial charge in [0.25, 0.3) is 0 Å². The smallest absolute Gasteiger partial charge is 0.119 e. The standard InChI is InChI=1S/C16H24N2O2S/c1-13(2)20-15-5-3-14(4-6-15)16(21)17-7-8-18-9-11-19-12-10-18/h3-6,13H,7-12H2,1-2H3,(H,17,21). The Morgan fingerprint density at radius 3 is 2.57 bits per heavy atom. The average Bonchev–Trinajstić information content (AvgIpc) is 2.48. The van der Waals surface area contributed by atoms with Crippen LogP contribution in [0.25, 0.3) is 0 Å². The first-order chi connectivity index (χ1) is 10.1. The highest BCUT2D eigenvalue weighted by molar-refractivity contribution is 7.80. The van der Waals surface area contributed by atoms with E-state index in [0.29, 0.717) is 0 Å². The zero-order chi connectivity index (χ0) is 15.1. The molecule has 5 heteroatoms. The third-order valence-electron chi connectivity index (χ3n) is 3.31. The van der Waals surface area contributed by atoms with E-state index in [4.69, 9.17) is 21.7 Å². The molecule has 1 aliphatic rings. The Labute approximate surface area is 132 Å². The van der Waals surface area contributed by atoms with Gasteiger partial charge in [-0.1, -0.05) is 12.2 Å². The summed E-state index contributed by atoms with van der Waals surface area (Å²) in [5, 5.41) is 3.31. The van der Waals surface area contributed by atoms with Gasteiger partial charge in [0.2, 0.25) is 0 Å². The van der Waals surface area contributed by atoms with E-state index in [0.717, 1.165) is 55.7 Å². The van der Waals surface area contributed by atoms with Crippen LogP contribution in [0.5, 0.6) is 5.75 Å². The molecule has 0 spiro atoms. The molecule has 0 aliphatic carbocycles. The Morgan fingerprint density at radius 1 is 1.29 bits per heavy atom. The lowest BCUT2D eigenvalue weighted by atomic mass is 10.2. The molecule has 1 saturated heterocycles. The quantitative estimate of drug-likeness (QED) is 0.814. The lowest BCUT2D eigenvalue weighted by Gasteiger charge is -2.26. The summed E-state index contributed by atoms with van der Waals surface area (Å²) in [7, 11) is 0. The number of hydrogen-bond donors (Lipinski definition) is 1. The number of benzene rings is 1. The molecule has 1 heterocycles. The average molecular weight is 308 g/mol. The molecule has 21 heavy (non-hydrogen) atoms. The van der Waals surface area contributed by atoms with Crippen molar-refractivity contribution in [1.82, 2.24) is 10.2 Å². The summed E-state index contributed by atoms with van der Waals surface area (Å²) in [6.07, 6.45) is 0.189. The molecule has 2 rings (SSSR count). The molecule has 0 aromatic heterocycles. The minimum Gasteiger partial charge on any atom is -0.491 e. The minimum atomic E-state index is 0.189. The van der Waals surface area contributed by atoms with E-state index in [2.05, 4.69) is 10.2 Å². The number of rotatable bonds is 6. The third kappa shape index (κ3) is 5.61. The summed E-state index contributed by atoms with van der Waals surface area (Å²) in [4.78, 5) is 3.18. The molecule has 0 unspecified atom stereocenters. The summed E-state index contributed by atoms with van der Waals surface area (Å²) < 4.78 is 11.0. The van der Waals surface area contributed by atoms with E-state index in [1.54, 1.807) is 0 Å². The van der Waals surface area contributed by atoms with Gasteiger partial charge < -0.3 is 14.8 Å². The highest BCUT2D eigenvalue weighted by Gasteiger charge is 2.09. The summed E-state index contributed by atoms with van der Waals surface area (Å²) in [6, 6.07) is 7.93. The van der Waals surface area contributed by atoms with Crippen molar-refractivity contribution in [1.29, 1.82) is 0 Å². The van der Waals surface area contributed by atoms with Crippen molar-refractivity contribution < 1.29 is 9.47 Å². The second-order valence-electron chi connectivity index (χ2n) is 5.40. The zero-order valence-electron chi connectivity index (χ0n) is 12.8. The van der Waals surface area contributed by atoms with Gasteiger partial charge in [0.05, 0.1) is 19.3 Å². The van der Waals surface area contributed by atoms with Gasteiger partial charge in [0.1, 0.15) is 10.7 Å². The fourth-order valence-corrected chi connectivity index (χ4v) is 2.45. The monoisotopic (exact) mass is 308 g/mol. The SMILES string of the molecule is CC(C)Oc1ccc(C(=S)NCCN2CCOCC2)cc1. The van der Waals surface area contributed by atoms with Crippen LogP contribution in [-0.2, 0) is 4.74 Å². The van der Waals surface area contributed by atoms with Crippen molar-refractivity contribution >= 4 is 17.2 Å². The Kier molecular flexibility index (Phi) is 6.42. The van der Waals surface area contributed by atoms with Crippen LogP contribution in [0.15, 0.2) is 24.3 Å². The van der Waals surface area contributed by atoms with Gasteiger partial charge >= 0.3 is 0 Å². The van der Waals surface area contributed by atoms with Crippen molar-refractivity contribution in [2.24, 2.45) is 0 Å². The molecule has 0 saturated carbocycles. The molecule has 0 radical (unpaired) electrons. The normalized spacial score (nSPS) is 16.0. The van der Waals surface area contributed by atoms with Crippen LogP contribution in [0.3, 0.4) is 0 Å². The van der Waals surface area contributed by atoms with Crippen molar-refractivity contribution in [3.05, 3.63) is 29.8 Å². The second kappa shape index (κ2) is 8.32. The highest BCUT2D eigenvalue weighted by atomic mass is 32.1. The van der Waals surface area contributed by atoms with Gasteiger partial charge in [-0.05, 0) is 38.1 Å². The fraction of sp³-hybridized carbons (Fsp3) is 0.562. The van der Waals surface area contributed by atoms with Crippen molar-refractivity contribution in [2.45, 2.75) is 20.0 Å². The highest BCUT2D eigenvalue weighted by Crippen LogP contribution is 2.14. The lowest BCUT2D eigenvalue weighted by molar-refractivity contribution is 0.0389. The maximum absolute atomic E-state index is 5.63. The molecule has 1 fully saturated rings. The van der Waals surface area contributed by atoms with Gasteiger partial charge in [-0.25, -0.2) is 0 Å². The largest absolute Gasteiger partial charge is 0.491 e. The molecule has 4 nitrogen and oxygen atoms in total. The molecule has 1 aromatic carbocycles. The van der Waals surface area contributed by atoms with E-state index < -0.39 is 0 Å². The maximum Gasteiger partial charge on any atom is 0.119 e. The van der Waals surface area contributed by atoms with Gasteiger partial charge in [-0.3, -0.25) is 4.90 Å². The molecule has 0 atom stereocenters. The molecule has 0 bridgehead atoms. The molecule has 116 valence electrons. The number of ether oxygens (including phenoxy) is 2. The number of thiocarbonyl (C=S) groups is 1. The maximum atomic E-state index is 5.63. The van der Waals surface area contributed by atoms with E-state index >= 15 is 0 Å². The molecule has 1 aliphatic heterocycles. The predicted molar refractivity (Wildman–Crippen MR) is 89.2 cm³/mol. The van der Waals surface area contributed by atoms with Crippen LogP contribution in [0.1, 0.15) is 19.4 Å². The fourth-order valence-electron chi connectivity index (χ4n) is 2.21. The van der Waals surface area contributed by atoms with Crippen molar-refractivity contribution in [3.63, 3.8) is 0 Å². The summed E-state index contributed by atoms with van der Waals surface area (Å²) in [6.45, 7) is 9.59. The van der Waals surface area contributed by atoms with E-state index in [9.17, 15) is 0 Å². The molecular weight excluding hydrogens is 284 g/mol. The minimum absolute atomic E-state index is 0.189. The van der Waals surface area contributed by atoms with Gasteiger partial charge in [-0.15, -0.1) is 0 Å². The van der Waals surface area contributed by atoms with E-state index in [1.165, 1.54) is 0 Å². The van der Waals surface area contributed by atoms with Crippen LogP contribution >= 0.6 is 12.2 Å².